The predicted molar refractivity (Wildman–Crippen MR) is 215 cm³/mol. The fourth-order valence-corrected chi connectivity index (χ4v) is 6.40. The van der Waals surface area contributed by atoms with E-state index in [4.69, 9.17) is 14.2 Å². The molecule has 0 N–H and O–H groups in total. The molecule has 6 heteroatoms. The van der Waals surface area contributed by atoms with E-state index in [9.17, 15) is 9.59 Å². The Labute approximate surface area is 315 Å². The molecule has 0 aromatic rings. The molecule has 0 saturated carbocycles. The Morgan fingerprint density at radius 3 is 1.67 bits per heavy atom. The average molecular weight is 716 g/mol. The van der Waals surface area contributed by atoms with Gasteiger partial charge in [0.15, 0.2) is 0 Å². The molecule has 0 aromatic carbocycles. The molecule has 0 spiro atoms. The SMILES string of the molecule is C=C=C=C=CC(CCCCC)CC(=O)OCCCCCCCCC(CCCCCCCCOC(=O)CC(C)CCCCC)OCCCCN(C)C. The molecule has 0 fully saturated rings. The number of rotatable bonds is 37. The van der Waals surface area contributed by atoms with E-state index in [0.29, 0.717) is 38.1 Å². The molecule has 0 radical (unpaired) electrons. The van der Waals surface area contributed by atoms with Crippen molar-refractivity contribution in [3.05, 3.63) is 29.8 Å². The summed E-state index contributed by atoms with van der Waals surface area (Å²) >= 11 is 0. The van der Waals surface area contributed by atoms with Crippen LogP contribution in [0, 0.1) is 11.8 Å². The Morgan fingerprint density at radius 2 is 1.12 bits per heavy atom. The summed E-state index contributed by atoms with van der Waals surface area (Å²) in [6.45, 7) is 13.2. The lowest BCUT2D eigenvalue weighted by molar-refractivity contribution is -0.145. The summed E-state index contributed by atoms with van der Waals surface area (Å²) < 4.78 is 17.4. The van der Waals surface area contributed by atoms with Gasteiger partial charge in [-0.3, -0.25) is 9.59 Å². The predicted octanol–water partition coefficient (Wildman–Crippen LogP) is 12.1. The maximum Gasteiger partial charge on any atom is 0.306 e. The van der Waals surface area contributed by atoms with E-state index in [2.05, 4.69) is 63.5 Å². The van der Waals surface area contributed by atoms with Gasteiger partial charge in [-0.15, -0.1) is 0 Å². The molecule has 296 valence electrons. The van der Waals surface area contributed by atoms with Crippen molar-refractivity contribution >= 4 is 11.9 Å². The Hall–Kier alpha value is -2.06. The zero-order valence-electron chi connectivity index (χ0n) is 34.2. The minimum absolute atomic E-state index is 0.0213. The van der Waals surface area contributed by atoms with Crippen LogP contribution in [0.2, 0.25) is 0 Å². The van der Waals surface area contributed by atoms with Crippen LogP contribution in [0.1, 0.15) is 188 Å². The number of allylic oxidation sites excluding steroid dienone is 1. The fraction of sp³-hybridized carbons (Fsp3) is 0.844. The van der Waals surface area contributed by atoms with Gasteiger partial charge in [0.25, 0.3) is 0 Å². The van der Waals surface area contributed by atoms with Crippen LogP contribution in [0.5, 0.6) is 0 Å². The van der Waals surface area contributed by atoms with Crippen molar-refractivity contribution in [2.75, 3.05) is 40.5 Å². The molecule has 0 amide bonds. The fourth-order valence-electron chi connectivity index (χ4n) is 6.40. The molecule has 51 heavy (non-hydrogen) atoms. The summed E-state index contributed by atoms with van der Waals surface area (Å²) in [5, 5.41) is 0. The van der Waals surface area contributed by atoms with Gasteiger partial charge in [-0.1, -0.05) is 141 Å². The third-order valence-electron chi connectivity index (χ3n) is 9.62. The Kier molecular flexibility index (Phi) is 36.2. The highest BCUT2D eigenvalue weighted by molar-refractivity contribution is 5.70. The standard InChI is InChI=1S/C45H81NO5/c1-7-10-21-30-41(4)39-44(47)50-37-27-19-15-13-17-24-33-43(49-36-29-26-35-46(5)6)34-25-18-14-16-20-28-38-51-45(48)40-42(31-22-11-8-2)32-23-12-9-3/h31,41-43H,2,7,9-10,12-21,23-30,32-40H2,1,3-6H3. The Bertz CT molecular complexity index is 929. The topological polar surface area (TPSA) is 65.1 Å². The maximum atomic E-state index is 12.4. The van der Waals surface area contributed by atoms with E-state index < -0.39 is 0 Å². The quantitative estimate of drug-likeness (QED) is 0.0362. The lowest BCUT2D eigenvalue weighted by atomic mass is 9.98. The first kappa shape index (κ1) is 48.9. The summed E-state index contributed by atoms with van der Waals surface area (Å²) in [4.78, 5) is 26.7. The van der Waals surface area contributed by atoms with Crippen LogP contribution in [0.3, 0.4) is 0 Å². The molecule has 3 unspecified atom stereocenters. The van der Waals surface area contributed by atoms with E-state index >= 15 is 0 Å². The number of esters is 2. The third kappa shape index (κ3) is 36.1. The van der Waals surface area contributed by atoms with Gasteiger partial charge >= 0.3 is 11.9 Å². The summed E-state index contributed by atoms with van der Waals surface area (Å²) in [5.74, 6) is 0.442. The van der Waals surface area contributed by atoms with Gasteiger partial charge in [0.2, 0.25) is 0 Å². The summed E-state index contributed by atoms with van der Waals surface area (Å²) in [6.07, 6.45) is 31.1. The number of carbonyl (C=O) groups excluding carboxylic acids is 2. The van der Waals surface area contributed by atoms with E-state index in [0.717, 1.165) is 83.8 Å². The van der Waals surface area contributed by atoms with Crippen molar-refractivity contribution in [1.29, 1.82) is 0 Å². The lowest BCUT2D eigenvalue weighted by Crippen LogP contribution is -2.16. The molecule has 0 heterocycles. The van der Waals surface area contributed by atoms with Crippen molar-refractivity contribution in [1.82, 2.24) is 4.90 Å². The van der Waals surface area contributed by atoms with E-state index in [1.165, 1.54) is 83.5 Å². The number of unbranched alkanes of at least 4 members (excludes halogenated alkanes) is 15. The lowest BCUT2D eigenvalue weighted by Gasteiger charge is -2.18. The van der Waals surface area contributed by atoms with Crippen molar-refractivity contribution in [2.45, 2.75) is 194 Å². The van der Waals surface area contributed by atoms with Crippen LogP contribution in [-0.4, -0.2) is 63.4 Å². The molecule has 0 aliphatic heterocycles. The van der Waals surface area contributed by atoms with Gasteiger partial charge in [-0.05, 0) is 95.8 Å². The molecule has 0 rings (SSSR count). The van der Waals surface area contributed by atoms with Gasteiger partial charge in [0.1, 0.15) is 0 Å². The first-order valence-corrected chi connectivity index (χ1v) is 21.3. The molecule has 3 atom stereocenters. The minimum Gasteiger partial charge on any atom is -0.466 e. The van der Waals surface area contributed by atoms with Crippen LogP contribution in [0.15, 0.2) is 29.8 Å². The monoisotopic (exact) mass is 716 g/mol. The van der Waals surface area contributed by atoms with Gasteiger partial charge in [-0.2, -0.15) is 0 Å². The first-order chi connectivity index (χ1) is 24.8. The number of hydrogen-bond acceptors (Lipinski definition) is 6. The molecule has 6 nitrogen and oxygen atoms in total. The molecular weight excluding hydrogens is 634 g/mol. The smallest absolute Gasteiger partial charge is 0.306 e. The maximum absolute atomic E-state index is 12.4. The normalized spacial score (nSPS) is 12.8. The van der Waals surface area contributed by atoms with Crippen molar-refractivity contribution in [3.8, 4) is 0 Å². The first-order valence-electron chi connectivity index (χ1n) is 21.3. The largest absolute Gasteiger partial charge is 0.466 e. The van der Waals surface area contributed by atoms with E-state index in [1.54, 1.807) is 0 Å². The third-order valence-corrected chi connectivity index (χ3v) is 9.62. The van der Waals surface area contributed by atoms with Gasteiger partial charge in [0.05, 0.1) is 25.7 Å². The Morgan fingerprint density at radius 1 is 0.627 bits per heavy atom. The summed E-state index contributed by atoms with van der Waals surface area (Å²) in [5.41, 5.74) is 8.27. The molecule has 0 aromatic heterocycles. The van der Waals surface area contributed by atoms with Crippen LogP contribution in [0.4, 0.5) is 0 Å². The number of nitrogens with zero attached hydrogens (tertiary/aromatic N) is 1. The highest BCUT2D eigenvalue weighted by Gasteiger charge is 2.13. The average Bonchev–Trinajstić information content (AvgIpc) is 3.09. The zero-order chi connectivity index (χ0) is 37.6. The molecule has 0 bridgehead atoms. The minimum atomic E-state index is -0.110. The van der Waals surface area contributed by atoms with Gasteiger partial charge < -0.3 is 19.1 Å². The molecule has 0 aliphatic carbocycles. The van der Waals surface area contributed by atoms with Crippen LogP contribution < -0.4 is 0 Å². The summed E-state index contributed by atoms with van der Waals surface area (Å²) in [6, 6.07) is 0. The summed E-state index contributed by atoms with van der Waals surface area (Å²) in [7, 11) is 4.26. The second-order valence-corrected chi connectivity index (χ2v) is 15.1. The molecule has 0 aliphatic rings. The second-order valence-electron chi connectivity index (χ2n) is 15.1. The highest BCUT2D eigenvalue weighted by Crippen LogP contribution is 2.19. The van der Waals surface area contributed by atoms with Crippen LogP contribution in [0.25, 0.3) is 0 Å². The number of carbonyl (C=O) groups is 2. The number of ether oxygens (including phenoxy) is 3. The zero-order valence-corrected chi connectivity index (χ0v) is 34.2. The van der Waals surface area contributed by atoms with Gasteiger partial charge in [-0.25, -0.2) is 0 Å². The number of hydrogen-bond donors (Lipinski definition) is 0. The van der Waals surface area contributed by atoms with E-state index in [-0.39, 0.29) is 17.9 Å². The molecular formula is C45H81NO5. The van der Waals surface area contributed by atoms with Gasteiger partial charge in [0, 0.05) is 13.0 Å². The van der Waals surface area contributed by atoms with E-state index in [1.807, 2.05) is 6.08 Å². The van der Waals surface area contributed by atoms with Crippen molar-refractivity contribution in [3.63, 3.8) is 0 Å². The van der Waals surface area contributed by atoms with Crippen molar-refractivity contribution < 1.29 is 23.8 Å². The van der Waals surface area contributed by atoms with Crippen molar-refractivity contribution in [2.24, 2.45) is 11.8 Å². The second kappa shape index (κ2) is 37.7. The Balaban J connectivity index is 4.15. The van der Waals surface area contributed by atoms with Crippen LogP contribution in [-0.2, 0) is 23.8 Å². The molecule has 0 saturated heterocycles. The van der Waals surface area contributed by atoms with Crippen LogP contribution >= 0.6 is 0 Å². The highest BCUT2D eigenvalue weighted by atomic mass is 16.5.